The summed E-state index contributed by atoms with van der Waals surface area (Å²) in [6.07, 6.45) is -3.03. The number of nitrogens with one attached hydrogen (secondary N) is 1. The number of hydrogen-bond donors (Lipinski definition) is 1. The molecule has 9 heteroatoms. The van der Waals surface area contributed by atoms with Gasteiger partial charge in [-0.3, -0.25) is 9.69 Å². The van der Waals surface area contributed by atoms with Crippen molar-refractivity contribution >= 4 is 11.6 Å². The molecular formula is C19H18F3N3O3. The maximum Gasteiger partial charge on any atom is 0.418 e. The van der Waals surface area contributed by atoms with Gasteiger partial charge in [0.25, 0.3) is 0 Å². The summed E-state index contributed by atoms with van der Waals surface area (Å²) < 4.78 is 49.6. The van der Waals surface area contributed by atoms with Crippen LogP contribution in [0.15, 0.2) is 57.7 Å². The third kappa shape index (κ3) is 4.80. The van der Waals surface area contributed by atoms with Crippen molar-refractivity contribution < 1.29 is 26.9 Å². The van der Waals surface area contributed by atoms with Gasteiger partial charge in [-0.05, 0) is 30.8 Å². The Morgan fingerprint density at radius 1 is 1.18 bits per heavy atom. The second-order valence-electron chi connectivity index (χ2n) is 6.05. The van der Waals surface area contributed by atoms with Gasteiger partial charge in [0.1, 0.15) is 0 Å². The summed E-state index contributed by atoms with van der Waals surface area (Å²) in [5.41, 5.74) is -0.569. The zero-order valence-corrected chi connectivity index (χ0v) is 15.0. The number of carbonyl (C=O) groups excluding carboxylic acids is 1. The molecule has 0 bridgehead atoms. The standard InChI is InChI=1S/C19H18F3N3O3/c1-2-25(11-13-10-17(28-24-13)16-8-5-9-27-16)12-18(26)23-15-7-4-3-6-14(15)19(20,21)22/h3-10H,2,11-12H2,1H3,(H,23,26). The summed E-state index contributed by atoms with van der Waals surface area (Å²) in [4.78, 5) is 14.0. The van der Waals surface area contributed by atoms with Gasteiger partial charge in [0.15, 0.2) is 5.76 Å². The average molecular weight is 393 g/mol. The second-order valence-corrected chi connectivity index (χ2v) is 6.05. The molecule has 1 N–H and O–H groups in total. The first kappa shape index (κ1) is 19.7. The minimum absolute atomic E-state index is 0.0916. The number of alkyl halides is 3. The van der Waals surface area contributed by atoms with Crippen LogP contribution in [0.2, 0.25) is 0 Å². The highest BCUT2D eigenvalue weighted by Crippen LogP contribution is 2.34. The second kappa shape index (κ2) is 8.30. The van der Waals surface area contributed by atoms with E-state index in [1.54, 1.807) is 23.1 Å². The number of aromatic nitrogens is 1. The number of para-hydroxylation sites is 1. The lowest BCUT2D eigenvalue weighted by molar-refractivity contribution is -0.137. The van der Waals surface area contributed by atoms with E-state index in [1.165, 1.54) is 24.5 Å². The molecule has 0 aliphatic carbocycles. The summed E-state index contributed by atoms with van der Waals surface area (Å²) >= 11 is 0. The minimum atomic E-state index is -4.54. The first-order chi connectivity index (χ1) is 13.4. The zero-order valence-electron chi connectivity index (χ0n) is 15.0. The third-order valence-corrected chi connectivity index (χ3v) is 4.03. The Kier molecular flexibility index (Phi) is 5.84. The van der Waals surface area contributed by atoms with E-state index in [0.717, 1.165) is 6.07 Å². The van der Waals surface area contributed by atoms with Crippen molar-refractivity contribution in [1.82, 2.24) is 10.1 Å². The van der Waals surface area contributed by atoms with Gasteiger partial charge in [-0.15, -0.1) is 0 Å². The zero-order chi connectivity index (χ0) is 20.1. The lowest BCUT2D eigenvalue weighted by Crippen LogP contribution is -2.33. The molecule has 0 atom stereocenters. The Morgan fingerprint density at radius 3 is 2.64 bits per heavy atom. The highest BCUT2D eigenvalue weighted by Gasteiger charge is 2.33. The molecule has 0 unspecified atom stereocenters. The Hall–Kier alpha value is -3.07. The van der Waals surface area contributed by atoms with E-state index in [-0.39, 0.29) is 12.2 Å². The van der Waals surface area contributed by atoms with Crippen LogP contribution in [0.5, 0.6) is 0 Å². The molecule has 148 valence electrons. The predicted molar refractivity (Wildman–Crippen MR) is 95.2 cm³/mol. The molecule has 1 amide bonds. The Labute approximate surface area is 158 Å². The van der Waals surface area contributed by atoms with Crippen LogP contribution in [0.1, 0.15) is 18.2 Å². The number of amides is 1. The van der Waals surface area contributed by atoms with Crippen LogP contribution in [0, 0.1) is 0 Å². The molecule has 28 heavy (non-hydrogen) atoms. The van der Waals surface area contributed by atoms with Gasteiger partial charge in [-0.1, -0.05) is 24.2 Å². The van der Waals surface area contributed by atoms with Crippen molar-refractivity contribution in [2.45, 2.75) is 19.6 Å². The predicted octanol–water partition coefficient (Wildman–Crippen LogP) is 4.41. The van der Waals surface area contributed by atoms with Crippen LogP contribution in [0.3, 0.4) is 0 Å². The van der Waals surface area contributed by atoms with Crippen LogP contribution < -0.4 is 5.32 Å². The molecule has 2 aromatic heterocycles. The van der Waals surface area contributed by atoms with Crippen molar-refractivity contribution in [1.29, 1.82) is 0 Å². The Bertz CT molecular complexity index is 920. The summed E-state index contributed by atoms with van der Waals surface area (Å²) in [5, 5.41) is 6.28. The molecule has 6 nitrogen and oxygen atoms in total. The van der Waals surface area contributed by atoms with Crippen LogP contribution in [0.25, 0.3) is 11.5 Å². The van der Waals surface area contributed by atoms with Gasteiger partial charge < -0.3 is 14.3 Å². The van der Waals surface area contributed by atoms with Gasteiger partial charge in [-0.2, -0.15) is 13.2 Å². The molecular weight excluding hydrogens is 375 g/mol. The summed E-state index contributed by atoms with van der Waals surface area (Å²) in [5.74, 6) is 0.441. The smallest absolute Gasteiger partial charge is 0.418 e. The molecule has 0 saturated carbocycles. The van der Waals surface area contributed by atoms with E-state index >= 15 is 0 Å². The molecule has 3 rings (SSSR count). The van der Waals surface area contributed by atoms with E-state index in [9.17, 15) is 18.0 Å². The van der Waals surface area contributed by atoms with Gasteiger partial charge in [0, 0.05) is 12.6 Å². The minimum Gasteiger partial charge on any atom is -0.461 e. The van der Waals surface area contributed by atoms with Crippen LogP contribution in [-0.4, -0.2) is 29.1 Å². The van der Waals surface area contributed by atoms with Gasteiger partial charge in [0.05, 0.1) is 29.8 Å². The van der Waals surface area contributed by atoms with E-state index in [0.29, 0.717) is 30.3 Å². The number of likely N-dealkylation sites (N-methyl/N-ethyl adjacent to an activating group) is 1. The highest BCUT2D eigenvalue weighted by atomic mass is 19.4. The van der Waals surface area contributed by atoms with Crippen molar-refractivity contribution in [3.8, 4) is 11.5 Å². The number of hydrogen-bond acceptors (Lipinski definition) is 5. The Balaban J connectivity index is 1.63. The monoisotopic (exact) mass is 393 g/mol. The first-order valence-electron chi connectivity index (χ1n) is 8.54. The number of nitrogens with zero attached hydrogens (tertiary/aromatic N) is 2. The molecule has 0 spiro atoms. The van der Waals surface area contributed by atoms with E-state index in [1.807, 2.05) is 6.92 Å². The summed E-state index contributed by atoms with van der Waals surface area (Å²) in [7, 11) is 0. The number of carbonyl (C=O) groups is 1. The number of benzene rings is 1. The number of rotatable bonds is 7. The SMILES string of the molecule is CCN(CC(=O)Nc1ccccc1C(F)(F)F)Cc1cc(-c2ccco2)on1. The number of halogens is 3. The van der Waals surface area contributed by atoms with Crippen molar-refractivity contribution in [3.05, 3.63) is 60.0 Å². The van der Waals surface area contributed by atoms with Gasteiger partial charge >= 0.3 is 6.18 Å². The number of furan rings is 1. The normalized spacial score (nSPS) is 11.8. The molecule has 0 radical (unpaired) electrons. The Morgan fingerprint density at radius 2 is 1.96 bits per heavy atom. The summed E-state index contributed by atoms with van der Waals surface area (Å²) in [6, 6.07) is 10.0. The third-order valence-electron chi connectivity index (χ3n) is 4.03. The molecule has 0 aliphatic heterocycles. The van der Waals surface area contributed by atoms with Gasteiger partial charge in [-0.25, -0.2) is 0 Å². The van der Waals surface area contributed by atoms with E-state index < -0.39 is 17.6 Å². The fraction of sp³-hybridized carbons (Fsp3) is 0.263. The molecule has 3 aromatic rings. The van der Waals surface area contributed by atoms with Crippen LogP contribution >= 0.6 is 0 Å². The maximum atomic E-state index is 13.0. The molecule has 0 saturated heterocycles. The summed E-state index contributed by atoms with van der Waals surface area (Å²) in [6.45, 7) is 2.54. The van der Waals surface area contributed by atoms with Crippen LogP contribution in [0.4, 0.5) is 18.9 Å². The van der Waals surface area contributed by atoms with Crippen molar-refractivity contribution in [3.63, 3.8) is 0 Å². The topological polar surface area (TPSA) is 71.5 Å². The lowest BCUT2D eigenvalue weighted by atomic mass is 10.1. The van der Waals surface area contributed by atoms with Crippen LogP contribution in [-0.2, 0) is 17.5 Å². The average Bonchev–Trinajstić information content (AvgIpc) is 3.32. The lowest BCUT2D eigenvalue weighted by Gasteiger charge is -2.19. The molecule has 1 aromatic carbocycles. The largest absolute Gasteiger partial charge is 0.461 e. The van der Waals surface area contributed by atoms with Crippen molar-refractivity contribution in [2.75, 3.05) is 18.4 Å². The fourth-order valence-corrected chi connectivity index (χ4v) is 2.66. The molecule has 0 aliphatic rings. The van der Waals surface area contributed by atoms with Crippen molar-refractivity contribution in [2.24, 2.45) is 0 Å². The van der Waals surface area contributed by atoms with E-state index in [2.05, 4.69) is 10.5 Å². The van der Waals surface area contributed by atoms with Gasteiger partial charge in [0.2, 0.25) is 11.7 Å². The quantitative estimate of drug-likeness (QED) is 0.644. The molecule has 2 heterocycles. The fourth-order valence-electron chi connectivity index (χ4n) is 2.66. The molecule has 0 fully saturated rings. The maximum absolute atomic E-state index is 13.0. The van der Waals surface area contributed by atoms with E-state index in [4.69, 9.17) is 8.94 Å². The number of anilines is 1. The first-order valence-corrected chi connectivity index (χ1v) is 8.54. The highest BCUT2D eigenvalue weighted by molar-refractivity contribution is 5.93.